The van der Waals surface area contributed by atoms with Gasteiger partial charge in [0.1, 0.15) is 6.54 Å². The molecule has 0 radical (unpaired) electrons. The van der Waals surface area contributed by atoms with E-state index in [1.165, 1.54) is 21.9 Å². The Morgan fingerprint density at radius 3 is 2.34 bits per heavy atom. The molecule has 0 spiro atoms. The quantitative estimate of drug-likeness (QED) is 0.396. The summed E-state index contributed by atoms with van der Waals surface area (Å²) in [5.74, 6) is -0.0157. The van der Waals surface area contributed by atoms with Gasteiger partial charge in [0, 0.05) is 38.3 Å². The van der Waals surface area contributed by atoms with Crippen molar-refractivity contribution in [1.82, 2.24) is 18.9 Å². The fourth-order valence-electron chi connectivity index (χ4n) is 6.78. The summed E-state index contributed by atoms with van der Waals surface area (Å²) in [6, 6.07) is 21.8. The van der Waals surface area contributed by atoms with Crippen LogP contribution in [0.2, 0.25) is 0 Å². The SMILES string of the molecule is Cl.O=C(Cn1c(=O)n(C2CCN(C3Cc4cccc5cccc3c45)CC2)c2ccccc21)N1CCOCC1. The molecule has 198 valence electrons. The molecule has 8 heteroatoms. The first kappa shape index (κ1) is 25.2. The maximum Gasteiger partial charge on any atom is 0.329 e. The van der Waals surface area contributed by atoms with Crippen LogP contribution in [0.5, 0.6) is 0 Å². The van der Waals surface area contributed by atoms with E-state index in [9.17, 15) is 9.59 Å². The van der Waals surface area contributed by atoms with Crippen LogP contribution in [0.15, 0.2) is 65.5 Å². The number of piperidine rings is 1. The van der Waals surface area contributed by atoms with Crippen LogP contribution in [0, 0.1) is 0 Å². The molecule has 0 saturated carbocycles. The van der Waals surface area contributed by atoms with Crippen LogP contribution in [0.1, 0.15) is 36.1 Å². The topological polar surface area (TPSA) is 59.7 Å². The number of morpholine rings is 1. The number of amides is 1. The van der Waals surface area contributed by atoms with Gasteiger partial charge in [0.05, 0.1) is 24.2 Å². The number of hydrogen-bond acceptors (Lipinski definition) is 4. The van der Waals surface area contributed by atoms with Gasteiger partial charge in [0.25, 0.3) is 0 Å². The van der Waals surface area contributed by atoms with Crippen LogP contribution in [0.4, 0.5) is 0 Å². The molecule has 2 fully saturated rings. The monoisotopic (exact) mass is 532 g/mol. The molecule has 2 aliphatic heterocycles. The summed E-state index contributed by atoms with van der Waals surface area (Å²) in [6.07, 6.45) is 2.91. The van der Waals surface area contributed by atoms with Crippen molar-refractivity contribution in [3.63, 3.8) is 0 Å². The van der Waals surface area contributed by atoms with Crippen LogP contribution in [0.25, 0.3) is 21.8 Å². The number of imidazole rings is 1. The van der Waals surface area contributed by atoms with Crippen molar-refractivity contribution < 1.29 is 9.53 Å². The number of halogens is 1. The zero-order valence-corrected chi connectivity index (χ0v) is 22.2. The summed E-state index contributed by atoms with van der Waals surface area (Å²) >= 11 is 0. The Labute approximate surface area is 228 Å². The number of fused-ring (bicyclic) bond motifs is 1. The second kappa shape index (κ2) is 10.2. The molecule has 1 unspecified atom stereocenters. The van der Waals surface area contributed by atoms with Gasteiger partial charge in [0.15, 0.2) is 0 Å². The number of hydrogen-bond donors (Lipinski definition) is 0. The van der Waals surface area contributed by atoms with E-state index in [2.05, 4.69) is 41.3 Å². The molecule has 7 nitrogen and oxygen atoms in total. The molecule has 1 atom stereocenters. The molecule has 1 aliphatic carbocycles. The van der Waals surface area contributed by atoms with Crippen LogP contribution in [-0.2, 0) is 22.5 Å². The highest BCUT2D eigenvalue weighted by molar-refractivity contribution is 5.91. The molecule has 3 heterocycles. The number of benzene rings is 3. The molecule has 4 aromatic rings. The largest absolute Gasteiger partial charge is 0.378 e. The van der Waals surface area contributed by atoms with Gasteiger partial charge in [-0.05, 0) is 53.3 Å². The van der Waals surface area contributed by atoms with Gasteiger partial charge in [-0.15, -0.1) is 12.4 Å². The van der Waals surface area contributed by atoms with E-state index in [-0.39, 0.29) is 36.6 Å². The lowest BCUT2D eigenvalue weighted by Gasteiger charge is -2.36. The molecule has 3 aliphatic rings. The summed E-state index contributed by atoms with van der Waals surface area (Å²) in [5.41, 5.74) is 4.60. The van der Waals surface area contributed by atoms with Crippen molar-refractivity contribution in [3.05, 3.63) is 82.3 Å². The number of aromatic nitrogens is 2. The maximum atomic E-state index is 13.7. The number of nitrogens with zero attached hydrogens (tertiary/aromatic N) is 4. The highest BCUT2D eigenvalue weighted by Crippen LogP contribution is 2.41. The first-order valence-electron chi connectivity index (χ1n) is 13.5. The van der Waals surface area contributed by atoms with Gasteiger partial charge in [0.2, 0.25) is 5.91 Å². The third-order valence-corrected chi connectivity index (χ3v) is 8.63. The highest BCUT2D eigenvalue weighted by atomic mass is 35.5. The third-order valence-electron chi connectivity index (χ3n) is 8.63. The first-order chi connectivity index (χ1) is 18.2. The number of para-hydroxylation sites is 2. The van der Waals surface area contributed by atoms with Crippen molar-refractivity contribution in [2.75, 3.05) is 39.4 Å². The zero-order valence-electron chi connectivity index (χ0n) is 21.4. The van der Waals surface area contributed by atoms with Crippen LogP contribution < -0.4 is 5.69 Å². The molecular formula is C30H33ClN4O3. The van der Waals surface area contributed by atoms with Crippen LogP contribution >= 0.6 is 12.4 Å². The lowest BCUT2D eigenvalue weighted by atomic mass is 9.99. The van der Waals surface area contributed by atoms with Crippen molar-refractivity contribution in [2.45, 2.75) is 37.9 Å². The lowest BCUT2D eigenvalue weighted by molar-refractivity contribution is -0.135. The van der Waals surface area contributed by atoms with Gasteiger partial charge in [-0.3, -0.25) is 18.8 Å². The minimum Gasteiger partial charge on any atom is -0.378 e. The van der Waals surface area contributed by atoms with E-state index in [0.29, 0.717) is 32.3 Å². The molecule has 1 amide bonds. The number of rotatable bonds is 4. The van der Waals surface area contributed by atoms with Gasteiger partial charge >= 0.3 is 5.69 Å². The Hall–Kier alpha value is -3.13. The fraction of sp³-hybridized carbons (Fsp3) is 0.400. The molecule has 2 saturated heterocycles. The second-order valence-electron chi connectivity index (χ2n) is 10.6. The maximum absolute atomic E-state index is 13.7. The number of likely N-dealkylation sites (tertiary alicyclic amines) is 1. The summed E-state index contributed by atoms with van der Waals surface area (Å²) < 4.78 is 9.02. The van der Waals surface area contributed by atoms with E-state index in [4.69, 9.17) is 4.74 Å². The smallest absolute Gasteiger partial charge is 0.329 e. The molecule has 0 N–H and O–H groups in total. The van der Waals surface area contributed by atoms with Gasteiger partial charge in [-0.25, -0.2) is 4.79 Å². The molecule has 3 aromatic carbocycles. The normalized spacial score (nSPS) is 20.2. The van der Waals surface area contributed by atoms with Crippen molar-refractivity contribution >= 4 is 40.1 Å². The van der Waals surface area contributed by atoms with E-state index in [0.717, 1.165) is 43.4 Å². The molecular weight excluding hydrogens is 500 g/mol. The number of carbonyl (C=O) groups is 1. The van der Waals surface area contributed by atoms with Crippen LogP contribution in [-0.4, -0.2) is 64.2 Å². The summed E-state index contributed by atoms with van der Waals surface area (Å²) in [5, 5.41) is 2.76. The van der Waals surface area contributed by atoms with E-state index >= 15 is 0 Å². The Morgan fingerprint density at radius 1 is 0.868 bits per heavy atom. The average Bonchev–Trinajstić information content (AvgIpc) is 3.46. The number of ether oxygens (including phenoxy) is 1. The predicted molar refractivity (Wildman–Crippen MR) is 151 cm³/mol. The van der Waals surface area contributed by atoms with Crippen molar-refractivity contribution in [1.29, 1.82) is 0 Å². The Morgan fingerprint density at radius 2 is 1.58 bits per heavy atom. The minimum atomic E-state index is -0.0701. The van der Waals surface area contributed by atoms with E-state index < -0.39 is 0 Å². The average molecular weight is 533 g/mol. The first-order valence-corrected chi connectivity index (χ1v) is 13.5. The Kier molecular flexibility index (Phi) is 6.76. The summed E-state index contributed by atoms with van der Waals surface area (Å²) in [4.78, 5) is 31.2. The molecule has 1 aromatic heterocycles. The van der Waals surface area contributed by atoms with Crippen molar-refractivity contribution in [3.8, 4) is 0 Å². The minimum absolute atomic E-state index is 0. The Bertz CT molecular complexity index is 1540. The fourth-order valence-corrected chi connectivity index (χ4v) is 6.78. The number of carbonyl (C=O) groups excluding carboxylic acids is 1. The van der Waals surface area contributed by atoms with E-state index in [1.807, 2.05) is 28.8 Å². The third kappa shape index (κ3) is 4.13. The van der Waals surface area contributed by atoms with Gasteiger partial charge < -0.3 is 9.64 Å². The second-order valence-corrected chi connectivity index (χ2v) is 10.6. The lowest BCUT2D eigenvalue weighted by Crippen LogP contribution is -2.44. The zero-order chi connectivity index (χ0) is 24.9. The predicted octanol–water partition coefficient (Wildman–Crippen LogP) is 4.17. The standard InChI is InChI=1S/C30H32N4O3.ClH/c35-28(32-15-17-37-18-16-32)20-33-25-9-1-2-10-26(25)34(30(33)36)23-11-13-31(14-12-23)27-19-22-7-3-5-21-6-4-8-24(27)29(21)22;/h1-10,23,27H,11-20H2;1H. The van der Waals surface area contributed by atoms with E-state index in [1.54, 1.807) is 9.47 Å². The van der Waals surface area contributed by atoms with Gasteiger partial charge in [-0.2, -0.15) is 0 Å². The summed E-state index contributed by atoms with van der Waals surface area (Å²) in [6.45, 7) is 4.28. The highest BCUT2D eigenvalue weighted by Gasteiger charge is 2.33. The van der Waals surface area contributed by atoms with Gasteiger partial charge in [-0.1, -0.05) is 48.5 Å². The summed E-state index contributed by atoms with van der Waals surface area (Å²) in [7, 11) is 0. The van der Waals surface area contributed by atoms with Crippen molar-refractivity contribution in [2.24, 2.45) is 0 Å². The van der Waals surface area contributed by atoms with Crippen LogP contribution in [0.3, 0.4) is 0 Å². The molecule has 7 rings (SSSR count). The molecule has 0 bridgehead atoms. The Balaban J connectivity index is 0.00000264. The molecule has 38 heavy (non-hydrogen) atoms.